The fourth-order valence-electron chi connectivity index (χ4n) is 3.64. The molecule has 1 saturated heterocycles. The van der Waals surface area contributed by atoms with E-state index in [0.29, 0.717) is 29.0 Å². The van der Waals surface area contributed by atoms with Gasteiger partial charge in [-0.1, -0.05) is 6.07 Å². The molecule has 0 radical (unpaired) electrons. The van der Waals surface area contributed by atoms with Gasteiger partial charge in [-0.05, 0) is 61.4 Å². The number of rotatable bonds is 4. The van der Waals surface area contributed by atoms with Crippen LogP contribution in [0.3, 0.4) is 0 Å². The summed E-state index contributed by atoms with van der Waals surface area (Å²) >= 11 is 1.36. The van der Waals surface area contributed by atoms with Crippen LogP contribution in [0.5, 0.6) is 0 Å². The Balaban J connectivity index is 1.53. The van der Waals surface area contributed by atoms with Gasteiger partial charge in [0.1, 0.15) is 18.2 Å². The second kappa shape index (κ2) is 7.83. The van der Waals surface area contributed by atoms with Crippen molar-refractivity contribution in [2.24, 2.45) is 0 Å². The molecule has 1 aliphatic heterocycles. The van der Waals surface area contributed by atoms with Gasteiger partial charge in [-0.25, -0.2) is 9.59 Å². The van der Waals surface area contributed by atoms with Crippen LogP contribution in [0.4, 0.5) is 0 Å². The van der Waals surface area contributed by atoms with E-state index in [2.05, 4.69) is 0 Å². The molecule has 29 heavy (non-hydrogen) atoms. The molecule has 0 aliphatic carbocycles. The van der Waals surface area contributed by atoms with Crippen LogP contribution in [0, 0.1) is 13.8 Å². The van der Waals surface area contributed by atoms with Gasteiger partial charge in [-0.3, -0.25) is 4.79 Å². The summed E-state index contributed by atoms with van der Waals surface area (Å²) in [6.07, 6.45) is 1.33. The number of amides is 1. The third-order valence-electron chi connectivity index (χ3n) is 5.33. The number of fused-ring (bicyclic) bond motifs is 1. The molecule has 1 amide bonds. The number of nitrogens with zero attached hydrogens (tertiary/aromatic N) is 1. The summed E-state index contributed by atoms with van der Waals surface area (Å²) in [4.78, 5) is 39.5. The monoisotopic (exact) mass is 411 g/mol. The molecule has 1 aliphatic rings. The Morgan fingerprint density at radius 1 is 1.24 bits per heavy atom. The first kappa shape index (κ1) is 19.4. The molecule has 6 nitrogen and oxygen atoms in total. The van der Waals surface area contributed by atoms with Crippen molar-refractivity contribution in [3.8, 4) is 0 Å². The van der Waals surface area contributed by atoms with Crippen LogP contribution in [0.15, 0.2) is 44.9 Å². The van der Waals surface area contributed by atoms with E-state index in [4.69, 9.17) is 9.15 Å². The predicted octanol–water partition coefficient (Wildman–Crippen LogP) is 3.82. The first-order valence-electron chi connectivity index (χ1n) is 9.49. The van der Waals surface area contributed by atoms with Crippen LogP contribution in [0.25, 0.3) is 11.0 Å². The van der Waals surface area contributed by atoms with Gasteiger partial charge in [-0.2, -0.15) is 0 Å². The fourth-order valence-corrected chi connectivity index (χ4v) is 4.32. The number of benzene rings is 1. The number of thiophene rings is 1. The van der Waals surface area contributed by atoms with Gasteiger partial charge < -0.3 is 14.1 Å². The molecule has 0 saturated carbocycles. The molecular weight excluding hydrogens is 390 g/mol. The lowest BCUT2D eigenvalue weighted by atomic mass is 10.0. The molecule has 0 unspecified atom stereocenters. The number of ether oxygens (including phenoxy) is 1. The molecule has 0 spiro atoms. The number of aryl methyl sites for hydroxylation is 2. The highest BCUT2D eigenvalue weighted by Gasteiger charge is 2.36. The first-order valence-corrected chi connectivity index (χ1v) is 10.4. The van der Waals surface area contributed by atoms with Crippen molar-refractivity contribution < 1.29 is 18.7 Å². The molecule has 1 fully saturated rings. The Labute approximate surface area is 171 Å². The zero-order valence-corrected chi connectivity index (χ0v) is 17.1. The standard InChI is InChI=1S/C22H21NO5S/c1-13-9-16-15(11-20(24)28-18(16)10-14(13)2)12-27-22(26)17-5-3-7-23(17)21(25)19-6-4-8-29-19/h4,6,8-11,17H,3,5,7,12H2,1-2H3/t17-/m0/s1. The number of carbonyl (C=O) groups is 2. The summed E-state index contributed by atoms with van der Waals surface area (Å²) in [5, 5.41) is 2.59. The Bertz CT molecular complexity index is 1130. The maximum atomic E-state index is 12.7. The van der Waals surface area contributed by atoms with Gasteiger partial charge in [0.2, 0.25) is 0 Å². The lowest BCUT2D eigenvalue weighted by Gasteiger charge is -2.22. The molecule has 1 aromatic carbocycles. The smallest absolute Gasteiger partial charge is 0.336 e. The summed E-state index contributed by atoms with van der Waals surface area (Å²) in [5.41, 5.74) is 2.66. The molecular formula is C22H21NO5S. The van der Waals surface area contributed by atoms with E-state index < -0.39 is 17.6 Å². The van der Waals surface area contributed by atoms with Crippen molar-refractivity contribution in [1.82, 2.24) is 4.90 Å². The molecule has 0 N–H and O–H groups in total. The largest absolute Gasteiger partial charge is 0.459 e. The van der Waals surface area contributed by atoms with Gasteiger partial charge >= 0.3 is 11.6 Å². The van der Waals surface area contributed by atoms with E-state index in [-0.39, 0.29) is 12.5 Å². The van der Waals surface area contributed by atoms with Crippen molar-refractivity contribution in [2.75, 3.05) is 6.54 Å². The van der Waals surface area contributed by atoms with Crippen LogP contribution < -0.4 is 5.63 Å². The summed E-state index contributed by atoms with van der Waals surface area (Å²) in [6, 6.07) is 8.08. The number of likely N-dealkylation sites (tertiary alicyclic amines) is 1. The van der Waals surface area contributed by atoms with E-state index in [1.165, 1.54) is 17.4 Å². The second-order valence-corrected chi connectivity index (χ2v) is 8.21. The van der Waals surface area contributed by atoms with Crippen molar-refractivity contribution >= 4 is 34.2 Å². The van der Waals surface area contributed by atoms with Crippen LogP contribution in [-0.2, 0) is 16.1 Å². The van der Waals surface area contributed by atoms with E-state index >= 15 is 0 Å². The lowest BCUT2D eigenvalue weighted by molar-refractivity contribution is -0.149. The summed E-state index contributed by atoms with van der Waals surface area (Å²) in [6.45, 7) is 4.41. The van der Waals surface area contributed by atoms with Gasteiger partial charge in [0.15, 0.2) is 0 Å². The molecule has 0 bridgehead atoms. The second-order valence-electron chi connectivity index (χ2n) is 7.26. The minimum atomic E-state index is -0.597. The van der Waals surface area contributed by atoms with Crippen molar-refractivity contribution in [2.45, 2.75) is 39.3 Å². The third kappa shape index (κ3) is 3.82. The van der Waals surface area contributed by atoms with Crippen LogP contribution in [0.2, 0.25) is 0 Å². The highest BCUT2D eigenvalue weighted by Crippen LogP contribution is 2.25. The van der Waals surface area contributed by atoms with E-state index in [1.807, 2.05) is 37.4 Å². The normalized spacial score (nSPS) is 16.3. The van der Waals surface area contributed by atoms with Gasteiger partial charge in [0.05, 0.1) is 4.88 Å². The highest BCUT2D eigenvalue weighted by molar-refractivity contribution is 7.12. The van der Waals surface area contributed by atoms with Gasteiger partial charge in [0, 0.05) is 23.6 Å². The summed E-state index contributed by atoms with van der Waals surface area (Å²) in [5.74, 6) is -0.589. The van der Waals surface area contributed by atoms with Crippen molar-refractivity contribution in [1.29, 1.82) is 0 Å². The highest BCUT2D eigenvalue weighted by atomic mass is 32.1. The summed E-state index contributed by atoms with van der Waals surface area (Å²) in [7, 11) is 0. The van der Waals surface area contributed by atoms with E-state index in [0.717, 1.165) is 22.9 Å². The Morgan fingerprint density at radius 3 is 2.79 bits per heavy atom. The Hall–Kier alpha value is -2.93. The molecule has 150 valence electrons. The quantitative estimate of drug-likeness (QED) is 0.482. The average molecular weight is 411 g/mol. The fraction of sp³-hybridized carbons (Fsp3) is 0.318. The SMILES string of the molecule is Cc1cc2oc(=O)cc(COC(=O)[C@@H]3CCCN3C(=O)c3cccs3)c2cc1C. The molecule has 3 heterocycles. The van der Waals surface area contributed by atoms with Crippen LogP contribution in [-0.4, -0.2) is 29.4 Å². The molecule has 4 rings (SSSR count). The predicted molar refractivity (Wildman–Crippen MR) is 110 cm³/mol. The number of hydrogen-bond donors (Lipinski definition) is 0. The maximum absolute atomic E-state index is 12.7. The number of carbonyl (C=O) groups excluding carboxylic acids is 2. The molecule has 1 atom stereocenters. The zero-order valence-electron chi connectivity index (χ0n) is 16.3. The lowest BCUT2D eigenvalue weighted by Crippen LogP contribution is -2.41. The van der Waals surface area contributed by atoms with Crippen LogP contribution in [0.1, 0.15) is 39.2 Å². The number of hydrogen-bond acceptors (Lipinski definition) is 6. The first-order chi connectivity index (χ1) is 13.9. The van der Waals surface area contributed by atoms with E-state index in [1.54, 1.807) is 11.0 Å². The van der Waals surface area contributed by atoms with Crippen molar-refractivity contribution in [3.63, 3.8) is 0 Å². The number of esters is 1. The minimum absolute atomic E-state index is 0.0407. The van der Waals surface area contributed by atoms with Gasteiger partial charge in [0.25, 0.3) is 5.91 Å². The molecule has 7 heteroatoms. The summed E-state index contributed by atoms with van der Waals surface area (Å²) < 4.78 is 10.8. The molecule has 2 aromatic heterocycles. The Kier molecular flexibility index (Phi) is 5.24. The molecule has 3 aromatic rings. The van der Waals surface area contributed by atoms with E-state index in [9.17, 15) is 14.4 Å². The Morgan fingerprint density at radius 2 is 2.03 bits per heavy atom. The van der Waals surface area contributed by atoms with Gasteiger partial charge in [-0.15, -0.1) is 11.3 Å². The zero-order chi connectivity index (χ0) is 20.5. The maximum Gasteiger partial charge on any atom is 0.336 e. The third-order valence-corrected chi connectivity index (χ3v) is 6.19. The van der Waals surface area contributed by atoms with Crippen LogP contribution >= 0.6 is 11.3 Å². The topological polar surface area (TPSA) is 76.8 Å². The average Bonchev–Trinajstić information content (AvgIpc) is 3.38. The minimum Gasteiger partial charge on any atom is -0.459 e. The van der Waals surface area contributed by atoms with Crippen molar-refractivity contribution in [3.05, 3.63) is 67.7 Å².